The number of aromatic amines is 1. The summed E-state index contributed by atoms with van der Waals surface area (Å²) in [6, 6.07) is -5.20. The van der Waals surface area contributed by atoms with Crippen LogP contribution in [-0.2, 0) is 35.2 Å². The summed E-state index contributed by atoms with van der Waals surface area (Å²) in [6.07, 6.45) is 1.33. The first kappa shape index (κ1) is 31.0. The van der Waals surface area contributed by atoms with Gasteiger partial charge in [-0.15, -0.1) is 0 Å². The average Bonchev–Trinajstić information content (AvgIpc) is 3.31. The monoisotopic (exact) mass is 526 g/mol. The van der Waals surface area contributed by atoms with Gasteiger partial charge in [-0.25, -0.2) is 9.78 Å². The highest BCUT2D eigenvalue weighted by Gasteiger charge is 2.31. The van der Waals surface area contributed by atoms with E-state index in [0.29, 0.717) is 5.69 Å². The van der Waals surface area contributed by atoms with Gasteiger partial charge in [0.15, 0.2) is 0 Å². The zero-order valence-electron chi connectivity index (χ0n) is 20.6. The predicted octanol–water partition coefficient (Wildman–Crippen LogP) is -1.41. The van der Waals surface area contributed by atoms with Crippen LogP contribution in [0.1, 0.15) is 51.6 Å². The third-order valence-corrected chi connectivity index (χ3v) is 5.22. The van der Waals surface area contributed by atoms with Gasteiger partial charge in [0.05, 0.1) is 12.4 Å². The van der Waals surface area contributed by atoms with Gasteiger partial charge in [-0.3, -0.25) is 24.0 Å². The standard InChI is InChI=1S/C22H34N6O9/c1-11(2)7-16(22(36)37)28-20(34)14(4-6-18(31)32)26-21(35)15(8-12-9-24-10-25-12)27-19(33)13(23)3-5-17(29)30/h9-11,13-16H,3-8,23H2,1-2H3,(H,24,25)(H,26,35)(H,27,33)(H,28,34)(H,29,30)(H,31,32)(H,36,37). The van der Waals surface area contributed by atoms with Crippen LogP contribution in [0.3, 0.4) is 0 Å². The molecule has 0 radical (unpaired) electrons. The number of aromatic nitrogens is 2. The van der Waals surface area contributed by atoms with Gasteiger partial charge in [0.25, 0.3) is 0 Å². The van der Waals surface area contributed by atoms with Crippen LogP contribution < -0.4 is 21.7 Å². The molecule has 0 aliphatic carbocycles. The highest BCUT2D eigenvalue weighted by atomic mass is 16.4. The fourth-order valence-electron chi connectivity index (χ4n) is 3.29. The molecule has 0 saturated heterocycles. The number of nitrogens with one attached hydrogen (secondary N) is 4. The number of aliphatic carboxylic acids is 3. The molecule has 3 amide bonds. The van der Waals surface area contributed by atoms with E-state index in [1.54, 1.807) is 13.8 Å². The molecule has 1 rings (SSSR count). The number of rotatable bonds is 17. The largest absolute Gasteiger partial charge is 0.481 e. The Labute approximate surface area is 212 Å². The Kier molecular flexibility index (Phi) is 12.7. The van der Waals surface area contributed by atoms with Gasteiger partial charge in [0.1, 0.15) is 18.1 Å². The first-order chi connectivity index (χ1) is 17.3. The Morgan fingerprint density at radius 1 is 0.865 bits per heavy atom. The van der Waals surface area contributed by atoms with E-state index >= 15 is 0 Å². The van der Waals surface area contributed by atoms with Crippen molar-refractivity contribution in [1.29, 1.82) is 0 Å². The maximum absolute atomic E-state index is 13.1. The van der Waals surface area contributed by atoms with E-state index in [2.05, 4.69) is 25.9 Å². The predicted molar refractivity (Wildman–Crippen MR) is 127 cm³/mol. The Balaban J connectivity index is 3.07. The number of imidazole rings is 1. The van der Waals surface area contributed by atoms with Crippen LogP contribution >= 0.6 is 0 Å². The number of nitrogens with two attached hydrogens (primary N) is 1. The van der Waals surface area contributed by atoms with Crippen molar-refractivity contribution in [3.05, 3.63) is 18.2 Å². The Morgan fingerprint density at radius 2 is 1.41 bits per heavy atom. The van der Waals surface area contributed by atoms with Crippen molar-refractivity contribution >= 4 is 35.6 Å². The molecule has 15 nitrogen and oxygen atoms in total. The summed E-state index contributed by atoms with van der Waals surface area (Å²) in [5.74, 6) is -6.33. The van der Waals surface area contributed by atoms with Crippen LogP contribution in [0, 0.1) is 5.92 Å². The van der Waals surface area contributed by atoms with Crippen LogP contribution in [0.2, 0.25) is 0 Å². The van der Waals surface area contributed by atoms with E-state index in [9.17, 15) is 33.9 Å². The third-order valence-electron chi connectivity index (χ3n) is 5.22. The maximum Gasteiger partial charge on any atom is 0.326 e. The Bertz CT molecular complexity index is 950. The van der Waals surface area contributed by atoms with E-state index < -0.39 is 66.2 Å². The highest BCUT2D eigenvalue weighted by molar-refractivity contribution is 5.94. The molecule has 0 saturated carbocycles. The minimum Gasteiger partial charge on any atom is -0.481 e. The highest BCUT2D eigenvalue weighted by Crippen LogP contribution is 2.08. The molecular formula is C22H34N6O9. The third kappa shape index (κ3) is 12.0. The molecule has 0 aliphatic rings. The van der Waals surface area contributed by atoms with E-state index in [-0.39, 0.29) is 38.0 Å². The van der Waals surface area contributed by atoms with E-state index in [4.69, 9.17) is 15.9 Å². The molecule has 0 aromatic carbocycles. The molecule has 206 valence electrons. The van der Waals surface area contributed by atoms with Gasteiger partial charge in [-0.1, -0.05) is 13.8 Å². The lowest BCUT2D eigenvalue weighted by Crippen LogP contribution is -2.57. The van der Waals surface area contributed by atoms with Gasteiger partial charge in [0, 0.05) is 31.2 Å². The number of carbonyl (C=O) groups excluding carboxylic acids is 3. The lowest BCUT2D eigenvalue weighted by Gasteiger charge is -2.25. The zero-order chi connectivity index (χ0) is 28.1. The topological polar surface area (TPSA) is 254 Å². The molecule has 37 heavy (non-hydrogen) atoms. The Hall–Kier alpha value is -4.01. The summed E-state index contributed by atoms with van der Waals surface area (Å²) < 4.78 is 0. The minimum atomic E-state index is -1.42. The van der Waals surface area contributed by atoms with Crippen LogP contribution in [0.5, 0.6) is 0 Å². The molecule has 0 bridgehead atoms. The summed E-state index contributed by atoms with van der Waals surface area (Å²) >= 11 is 0. The van der Waals surface area contributed by atoms with Crippen molar-refractivity contribution in [2.45, 2.75) is 76.5 Å². The van der Waals surface area contributed by atoms with Crippen molar-refractivity contribution < 1.29 is 44.1 Å². The molecule has 4 unspecified atom stereocenters. The molecule has 1 aromatic heterocycles. The second-order valence-corrected chi connectivity index (χ2v) is 8.90. The summed E-state index contributed by atoms with van der Waals surface area (Å²) in [7, 11) is 0. The van der Waals surface area contributed by atoms with Crippen LogP contribution in [-0.4, -0.2) is 85.1 Å². The summed E-state index contributed by atoms with van der Waals surface area (Å²) in [4.78, 5) is 78.5. The lowest BCUT2D eigenvalue weighted by molar-refractivity contribution is -0.143. The first-order valence-electron chi connectivity index (χ1n) is 11.6. The summed E-state index contributed by atoms with van der Waals surface area (Å²) in [6.45, 7) is 3.52. The number of carboxylic acids is 3. The van der Waals surface area contributed by atoms with Gasteiger partial charge in [-0.2, -0.15) is 0 Å². The number of nitrogens with zero attached hydrogens (tertiary/aromatic N) is 1. The van der Waals surface area contributed by atoms with Crippen LogP contribution in [0.25, 0.3) is 0 Å². The molecule has 4 atom stereocenters. The van der Waals surface area contributed by atoms with Gasteiger partial charge >= 0.3 is 17.9 Å². The first-order valence-corrected chi connectivity index (χ1v) is 11.6. The summed E-state index contributed by atoms with van der Waals surface area (Å²) in [5, 5.41) is 34.4. The molecule has 15 heteroatoms. The van der Waals surface area contributed by atoms with E-state index in [1.807, 2.05) is 0 Å². The van der Waals surface area contributed by atoms with Gasteiger partial charge < -0.3 is 42.0 Å². The molecule has 1 aromatic rings. The smallest absolute Gasteiger partial charge is 0.326 e. The molecule has 1 heterocycles. The quantitative estimate of drug-likeness (QED) is 0.117. The minimum absolute atomic E-state index is 0.0761. The van der Waals surface area contributed by atoms with E-state index in [0.717, 1.165) is 0 Å². The van der Waals surface area contributed by atoms with Crippen molar-refractivity contribution in [2.75, 3.05) is 0 Å². The number of carboxylic acid groups (broad SMARTS) is 3. The van der Waals surface area contributed by atoms with Crippen molar-refractivity contribution in [3.63, 3.8) is 0 Å². The molecule has 0 aliphatic heterocycles. The second-order valence-electron chi connectivity index (χ2n) is 8.90. The van der Waals surface area contributed by atoms with Crippen molar-refractivity contribution in [3.8, 4) is 0 Å². The number of hydrogen-bond acceptors (Lipinski definition) is 8. The fourth-order valence-corrected chi connectivity index (χ4v) is 3.29. The van der Waals surface area contributed by atoms with Crippen LogP contribution in [0.4, 0.5) is 0 Å². The van der Waals surface area contributed by atoms with Gasteiger partial charge in [0.2, 0.25) is 17.7 Å². The maximum atomic E-state index is 13.1. The van der Waals surface area contributed by atoms with Gasteiger partial charge in [-0.05, 0) is 25.2 Å². The summed E-state index contributed by atoms with van der Waals surface area (Å²) in [5.41, 5.74) is 6.17. The SMILES string of the molecule is CC(C)CC(NC(=O)C(CCC(=O)O)NC(=O)C(Cc1cnc[nH]1)NC(=O)C(N)CCC(=O)O)C(=O)O. The lowest BCUT2D eigenvalue weighted by atomic mass is 10.0. The molecular weight excluding hydrogens is 492 g/mol. The van der Waals surface area contributed by atoms with E-state index in [1.165, 1.54) is 12.5 Å². The number of amides is 3. The van der Waals surface area contributed by atoms with Crippen molar-refractivity contribution in [2.24, 2.45) is 11.7 Å². The average molecular weight is 527 g/mol. The number of hydrogen-bond donors (Lipinski definition) is 8. The zero-order valence-corrected chi connectivity index (χ0v) is 20.6. The molecule has 9 N–H and O–H groups in total. The second kappa shape index (κ2) is 15.2. The number of H-pyrrole nitrogens is 1. The molecule has 0 fully saturated rings. The fraction of sp³-hybridized carbons (Fsp3) is 0.591. The van der Waals surface area contributed by atoms with Crippen LogP contribution in [0.15, 0.2) is 12.5 Å². The Morgan fingerprint density at radius 3 is 1.92 bits per heavy atom. The van der Waals surface area contributed by atoms with Crippen molar-refractivity contribution in [1.82, 2.24) is 25.9 Å². The number of carbonyl (C=O) groups is 6. The molecule has 0 spiro atoms. The normalized spacial score (nSPS) is 14.2.